The minimum Gasteiger partial charge on any atom is -0.456 e. The van der Waals surface area contributed by atoms with E-state index in [-0.39, 0.29) is 18.3 Å². The number of carbonyl (C=O) groups excluding carboxylic acids is 1. The van der Waals surface area contributed by atoms with Crippen molar-refractivity contribution in [1.82, 2.24) is 19.5 Å². The molecule has 3 heterocycles. The number of hydrogen-bond acceptors (Lipinski definition) is 9. The highest BCUT2D eigenvalue weighted by Crippen LogP contribution is 2.33. The fraction of sp³-hybridized carbons (Fsp3) is 0.600. The zero-order valence-corrected chi connectivity index (χ0v) is 13.9. The number of anilines is 1. The maximum atomic E-state index is 12.1. The van der Waals surface area contributed by atoms with Crippen LogP contribution in [0.5, 0.6) is 0 Å². The summed E-state index contributed by atoms with van der Waals surface area (Å²) in [5, 5.41) is 15.1. The van der Waals surface area contributed by atoms with E-state index >= 15 is 0 Å². The fourth-order valence-electron chi connectivity index (χ4n) is 2.70. The average molecular weight is 352 g/mol. The molecule has 0 amide bonds. The van der Waals surface area contributed by atoms with Crippen molar-refractivity contribution < 1.29 is 24.5 Å². The number of nitrogens with zero attached hydrogens (tertiary/aromatic N) is 4. The Morgan fingerprint density at radius 1 is 1.56 bits per heavy atom. The molecule has 1 saturated heterocycles. The molecule has 5 atom stereocenters. The number of nitrogen functional groups attached to an aromatic ring is 1. The molecule has 10 nitrogen and oxygen atoms in total. The van der Waals surface area contributed by atoms with Crippen LogP contribution in [0, 0.1) is 5.92 Å². The molecule has 1 aliphatic rings. The van der Waals surface area contributed by atoms with Gasteiger partial charge < -0.3 is 25.4 Å². The standard InChI is InChI=1S/C15H21N5O5/c1-3-7(2)15(23)25-11-8(4-21)24-14(10(11)22)20-6-19-9-12(16)17-5-18-13(9)20/h5-8,10-11,14,21-22H,3-4H2,1-2H3,(H2,16,17,18)/t7?,8-,10+,11?,14-/m1/s1/i21D. The van der Waals surface area contributed by atoms with Crippen molar-refractivity contribution in [3.63, 3.8) is 0 Å². The van der Waals surface area contributed by atoms with E-state index in [4.69, 9.17) is 16.6 Å². The Balaban J connectivity index is 1.89. The Kier molecular flexibility index (Phi) is 4.47. The van der Waals surface area contributed by atoms with Gasteiger partial charge in [-0.1, -0.05) is 13.8 Å². The number of aliphatic hydroxyl groups excluding tert-OH is 2. The van der Waals surface area contributed by atoms with Crippen molar-refractivity contribution in [3.8, 4) is 0 Å². The maximum Gasteiger partial charge on any atom is 0.309 e. The minimum absolute atomic E-state index is 0.171. The predicted molar refractivity (Wildman–Crippen MR) is 86.1 cm³/mol. The number of carbonyl (C=O) groups is 1. The number of aliphatic hydroxyl groups is 2. The zero-order chi connectivity index (χ0) is 18.8. The molecule has 0 bridgehead atoms. The summed E-state index contributed by atoms with van der Waals surface area (Å²) in [5.41, 5.74) is 6.52. The lowest BCUT2D eigenvalue weighted by atomic mass is 10.1. The van der Waals surface area contributed by atoms with Crippen LogP contribution in [0.2, 0.25) is 0 Å². The summed E-state index contributed by atoms with van der Waals surface area (Å²) in [4.78, 5) is 24.3. The summed E-state index contributed by atoms with van der Waals surface area (Å²) in [6.45, 7) is 3.43. The van der Waals surface area contributed by atoms with Gasteiger partial charge in [-0.3, -0.25) is 9.36 Å². The smallest absolute Gasteiger partial charge is 0.309 e. The predicted octanol–water partition coefficient (Wildman–Crippen LogP) is -0.383. The van der Waals surface area contributed by atoms with Gasteiger partial charge in [-0.05, 0) is 6.42 Å². The highest BCUT2D eigenvalue weighted by atomic mass is 16.6. The number of ether oxygens (including phenoxy) is 2. The number of esters is 1. The van der Waals surface area contributed by atoms with Crippen LogP contribution in [0.1, 0.15) is 26.5 Å². The Labute approximate surface area is 145 Å². The summed E-state index contributed by atoms with van der Waals surface area (Å²) in [5.74, 6) is -0.565. The first-order valence-electron chi connectivity index (χ1n) is 8.43. The van der Waals surface area contributed by atoms with Gasteiger partial charge in [0.15, 0.2) is 23.8 Å². The van der Waals surface area contributed by atoms with Crippen LogP contribution in [-0.2, 0) is 14.3 Å². The molecule has 2 aromatic rings. The van der Waals surface area contributed by atoms with E-state index in [0.29, 0.717) is 17.6 Å². The number of aromatic nitrogens is 4. The van der Waals surface area contributed by atoms with E-state index in [1.165, 1.54) is 17.2 Å². The van der Waals surface area contributed by atoms with E-state index < -0.39 is 30.5 Å². The van der Waals surface area contributed by atoms with E-state index in [2.05, 4.69) is 20.1 Å². The van der Waals surface area contributed by atoms with Crippen molar-refractivity contribution in [2.45, 2.75) is 44.8 Å². The topological polar surface area (TPSA) is 146 Å². The quantitative estimate of drug-likeness (QED) is 0.592. The third-order valence-corrected chi connectivity index (χ3v) is 4.40. The summed E-state index contributed by atoms with van der Waals surface area (Å²) in [7, 11) is 0. The fourth-order valence-corrected chi connectivity index (χ4v) is 2.70. The van der Waals surface area contributed by atoms with E-state index in [1.807, 2.05) is 6.92 Å². The Bertz CT molecular complexity index is 787. The normalized spacial score (nSPS) is 28.0. The number of fused-ring (bicyclic) bond motifs is 1. The Hall–Kier alpha value is -2.30. The molecule has 136 valence electrons. The van der Waals surface area contributed by atoms with Crippen LogP contribution in [-0.4, -0.2) is 62.1 Å². The van der Waals surface area contributed by atoms with Gasteiger partial charge in [-0.2, -0.15) is 0 Å². The van der Waals surface area contributed by atoms with Gasteiger partial charge in [-0.15, -0.1) is 0 Å². The lowest BCUT2D eigenvalue weighted by Gasteiger charge is -2.21. The molecule has 3 rings (SSSR count). The zero-order valence-electron chi connectivity index (χ0n) is 14.9. The van der Waals surface area contributed by atoms with Crippen LogP contribution < -0.4 is 5.73 Å². The maximum absolute atomic E-state index is 12.1. The van der Waals surface area contributed by atoms with E-state index in [1.54, 1.807) is 6.92 Å². The van der Waals surface area contributed by atoms with Gasteiger partial charge >= 0.3 is 5.97 Å². The number of nitrogens with two attached hydrogens (primary N) is 1. The molecule has 4 N–H and O–H groups in total. The second-order valence-electron chi connectivity index (χ2n) is 6.02. The van der Waals surface area contributed by atoms with Gasteiger partial charge in [-0.25, -0.2) is 15.0 Å². The summed E-state index contributed by atoms with van der Waals surface area (Å²) in [6.07, 6.45) is -0.613. The van der Waals surface area contributed by atoms with Crippen molar-refractivity contribution >= 4 is 23.0 Å². The van der Waals surface area contributed by atoms with Gasteiger partial charge in [0.1, 0.15) is 24.1 Å². The highest BCUT2D eigenvalue weighted by Gasteiger charge is 2.47. The number of hydrogen-bond donors (Lipinski definition) is 3. The second kappa shape index (κ2) is 6.90. The van der Waals surface area contributed by atoms with Crippen LogP contribution in [0.15, 0.2) is 12.7 Å². The van der Waals surface area contributed by atoms with Crippen LogP contribution in [0.3, 0.4) is 0 Å². The molecule has 0 aromatic carbocycles. The molecular weight excluding hydrogens is 330 g/mol. The van der Waals surface area contributed by atoms with Gasteiger partial charge in [0.2, 0.25) is 1.43 Å². The second-order valence-corrected chi connectivity index (χ2v) is 6.02. The Morgan fingerprint density at radius 2 is 2.36 bits per heavy atom. The largest absolute Gasteiger partial charge is 0.456 e. The van der Waals surface area contributed by atoms with Gasteiger partial charge in [0, 0.05) is 0 Å². The molecule has 0 spiro atoms. The molecule has 1 aliphatic heterocycles. The first kappa shape index (κ1) is 16.2. The van der Waals surface area contributed by atoms with Crippen LogP contribution in [0.25, 0.3) is 11.2 Å². The molecule has 25 heavy (non-hydrogen) atoms. The Morgan fingerprint density at radius 3 is 3.08 bits per heavy atom. The van der Waals surface area contributed by atoms with Crippen molar-refractivity contribution in [1.29, 1.82) is 1.43 Å². The third kappa shape index (κ3) is 3.03. The molecule has 10 heteroatoms. The SMILES string of the molecule is [2H]OC[C@H]1O[C@@H](n2cnc3c(N)ncnc32)[C@@H](O)C1OC(=O)C(C)CC. The van der Waals surface area contributed by atoms with Crippen molar-refractivity contribution in [2.75, 3.05) is 12.3 Å². The first-order valence-corrected chi connectivity index (χ1v) is 8.03. The minimum atomic E-state index is -1.20. The molecular formula is C15H21N5O5. The lowest BCUT2D eigenvalue weighted by molar-refractivity contribution is -0.161. The highest BCUT2D eigenvalue weighted by molar-refractivity contribution is 5.81. The molecule has 2 aromatic heterocycles. The summed E-state index contributed by atoms with van der Waals surface area (Å²) < 4.78 is 19.7. The third-order valence-electron chi connectivity index (χ3n) is 4.40. The van der Waals surface area contributed by atoms with Crippen LogP contribution >= 0.6 is 0 Å². The van der Waals surface area contributed by atoms with Crippen molar-refractivity contribution in [2.24, 2.45) is 5.92 Å². The first-order chi connectivity index (χ1) is 12.5. The van der Waals surface area contributed by atoms with Gasteiger partial charge in [0.25, 0.3) is 0 Å². The average Bonchev–Trinajstić information content (AvgIpc) is 3.18. The number of imidazole rings is 1. The number of rotatable bonds is 6. The molecule has 0 saturated carbocycles. The molecule has 0 radical (unpaired) electrons. The molecule has 0 aliphatic carbocycles. The monoisotopic (exact) mass is 352 g/mol. The van der Waals surface area contributed by atoms with E-state index in [0.717, 1.165) is 0 Å². The van der Waals surface area contributed by atoms with Crippen LogP contribution in [0.4, 0.5) is 5.82 Å². The summed E-state index contributed by atoms with van der Waals surface area (Å²) in [6, 6.07) is 0. The molecule has 2 unspecified atom stereocenters. The van der Waals surface area contributed by atoms with E-state index in [9.17, 15) is 9.90 Å². The molecule has 1 fully saturated rings. The van der Waals surface area contributed by atoms with Crippen molar-refractivity contribution in [3.05, 3.63) is 12.7 Å². The van der Waals surface area contributed by atoms with Gasteiger partial charge in [0.05, 0.1) is 18.9 Å². The lowest BCUT2D eigenvalue weighted by Crippen LogP contribution is -2.39. The summed E-state index contributed by atoms with van der Waals surface area (Å²) >= 11 is 0.